The van der Waals surface area contributed by atoms with Crippen molar-refractivity contribution in [3.05, 3.63) is 70.3 Å². The van der Waals surface area contributed by atoms with Crippen molar-refractivity contribution in [1.29, 1.82) is 0 Å². The molecule has 26 heavy (non-hydrogen) atoms. The topological polar surface area (TPSA) is 46.6 Å². The lowest BCUT2D eigenvalue weighted by Gasteiger charge is -2.31. The molecular weight excluding hydrogens is 326 g/mol. The smallest absolute Gasteiger partial charge is 0.339 e. The summed E-state index contributed by atoms with van der Waals surface area (Å²) in [6.07, 6.45) is 1.66. The van der Waals surface area contributed by atoms with Gasteiger partial charge < -0.3 is 9.64 Å². The number of hydrogen-bond donors (Lipinski definition) is 0. The SMILES string of the molecule is Cc1ccc([C@H]2CCCN2C(=O)[C@H]2Cc3ccccc3C(=O)O2)cc1C. The van der Waals surface area contributed by atoms with E-state index in [1.54, 1.807) is 6.07 Å². The lowest BCUT2D eigenvalue weighted by Crippen LogP contribution is -2.44. The fourth-order valence-electron chi connectivity index (χ4n) is 4.00. The molecule has 0 radical (unpaired) electrons. The number of benzene rings is 2. The predicted molar refractivity (Wildman–Crippen MR) is 99.0 cm³/mol. The molecule has 2 aromatic rings. The Kier molecular flexibility index (Phi) is 4.27. The highest BCUT2D eigenvalue weighted by molar-refractivity contribution is 5.96. The number of esters is 1. The molecule has 0 aliphatic carbocycles. The first-order valence-electron chi connectivity index (χ1n) is 9.21. The van der Waals surface area contributed by atoms with Crippen LogP contribution in [0.3, 0.4) is 0 Å². The monoisotopic (exact) mass is 349 g/mol. The fourth-order valence-corrected chi connectivity index (χ4v) is 4.00. The summed E-state index contributed by atoms with van der Waals surface area (Å²) in [5.41, 5.74) is 5.12. The summed E-state index contributed by atoms with van der Waals surface area (Å²) in [4.78, 5) is 27.3. The van der Waals surface area contributed by atoms with Crippen molar-refractivity contribution in [2.45, 2.75) is 45.3 Å². The molecule has 2 heterocycles. The Bertz CT molecular complexity index is 873. The van der Waals surface area contributed by atoms with Crippen LogP contribution < -0.4 is 0 Å². The maximum atomic E-state index is 13.1. The van der Waals surface area contributed by atoms with E-state index in [0.29, 0.717) is 18.5 Å². The van der Waals surface area contributed by atoms with Crippen LogP contribution in [0, 0.1) is 13.8 Å². The Morgan fingerprint density at radius 3 is 2.73 bits per heavy atom. The minimum Gasteiger partial charge on any atom is -0.448 e. The molecule has 0 N–H and O–H groups in total. The van der Waals surface area contributed by atoms with Crippen molar-refractivity contribution >= 4 is 11.9 Å². The first kappa shape index (κ1) is 16.8. The molecule has 1 amide bonds. The van der Waals surface area contributed by atoms with Crippen LogP contribution in [0.15, 0.2) is 42.5 Å². The maximum absolute atomic E-state index is 13.1. The second-order valence-electron chi connectivity index (χ2n) is 7.29. The van der Waals surface area contributed by atoms with Gasteiger partial charge in [0.05, 0.1) is 11.6 Å². The van der Waals surface area contributed by atoms with Crippen LogP contribution in [0.2, 0.25) is 0 Å². The summed E-state index contributed by atoms with van der Waals surface area (Å²) in [6.45, 7) is 4.90. The van der Waals surface area contributed by atoms with Crippen LogP contribution >= 0.6 is 0 Å². The summed E-state index contributed by atoms with van der Waals surface area (Å²) in [7, 11) is 0. The zero-order valence-corrected chi connectivity index (χ0v) is 15.2. The van der Waals surface area contributed by atoms with Gasteiger partial charge in [0.15, 0.2) is 6.10 Å². The molecule has 0 spiro atoms. The summed E-state index contributed by atoms with van der Waals surface area (Å²) in [5.74, 6) is -0.472. The van der Waals surface area contributed by atoms with Crippen LogP contribution in [0.1, 0.15) is 51.5 Å². The molecule has 0 bridgehead atoms. The molecule has 4 nitrogen and oxygen atoms in total. The molecule has 4 rings (SSSR count). The minimum atomic E-state index is -0.718. The Labute approximate surface area is 153 Å². The van der Waals surface area contributed by atoms with Crippen LogP contribution in [0.5, 0.6) is 0 Å². The van der Waals surface area contributed by atoms with Gasteiger partial charge in [-0.25, -0.2) is 4.79 Å². The van der Waals surface area contributed by atoms with Gasteiger partial charge in [-0.1, -0.05) is 36.4 Å². The van der Waals surface area contributed by atoms with E-state index in [-0.39, 0.29) is 11.9 Å². The standard InChI is InChI=1S/C22H23NO3/c1-14-9-10-17(12-15(14)2)19-8-5-11-23(19)21(24)20-13-16-6-3-4-7-18(16)22(25)26-20/h3-4,6-7,9-10,12,19-20H,5,8,11,13H2,1-2H3/t19-,20-/m1/s1. The van der Waals surface area contributed by atoms with Gasteiger partial charge in [0.25, 0.3) is 5.91 Å². The van der Waals surface area contributed by atoms with E-state index in [2.05, 4.69) is 32.0 Å². The highest BCUT2D eigenvalue weighted by Gasteiger charge is 2.38. The van der Waals surface area contributed by atoms with Gasteiger partial charge in [-0.15, -0.1) is 0 Å². The Morgan fingerprint density at radius 2 is 1.92 bits per heavy atom. The molecule has 2 atom stereocenters. The van der Waals surface area contributed by atoms with Crippen molar-refractivity contribution in [3.8, 4) is 0 Å². The minimum absolute atomic E-state index is 0.0673. The number of carbonyl (C=O) groups is 2. The third kappa shape index (κ3) is 2.90. The molecule has 1 saturated heterocycles. The maximum Gasteiger partial charge on any atom is 0.339 e. The Balaban J connectivity index is 1.57. The quantitative estimate of drug-likeness (QED) is 0.776. The van der Waals surface area contributed by atoms with Gasteiger partial charge in [-0.2, -0.15) is 0 Å². The average molecular weight is 349 g/mol. The molecule has 0 saturated carbocycles. The van der Waals surface area contributed by atoms with Gasteiger partial charge in [-0.3, -0.25) is 4.79 Å². The molecule has 0 unspecified atom stereocenters. The predicted octanol–water partition coefficient (Wildman–Crippen LogP) is 3.75. The molecule has 2 aliphatic heterocycles. The van der Waals surface area contributed by atoms with Crippen molar-refractivity contribution in [1.82, 2.24) is 4.90 Å². The van der Waals surface area contributed by atoms with Crippen molar-refractivity contribution in [3.63, 3.8) is 0 Å². The van der Waals surface area contributed by atoms with Gasteiger partial charge in [0, 0.05) is 13.0 Å². The number of hydrogen-bond acceptors (Lipinski definition) is 3. The zero-order chi connectivity index (χ0) is 18.3. The number of rotatable bonds is 2. The third-order valence-corrected chi connectivity index (χ3v) is 5.62. The molecule has 4 heteroatoms. The van der Waals surface area contributed by atoms with Crippen molar-refractivity contribution < 1.29 is 14.3 Å². The molecule has 134 valence electrons. The lowest BCUT2D eigenvalue weighted by atomic mass is 9.96. The second-order valence-corrected chi connectivity index (χ2v) is 7.29. The van der Waals surface area contributed by atoms with E-state index in [0.717, 1.165) is 18.4 Å². The second kappa shape index (κ2) is 6.60. The highest BCUT2D eigenvalue weighted by Crippen LogP contribution is 2.34. The number of nitrogens with zero attached hydrogens (tertiary/aromatic N) is 1. The van der Waals surface area contributed by atoms with E-state index >= 15 is 0 Å². The van der Waals surface area contributed by atoms with Crippen LogP contribution in [0.25, 0.3) is 0 Å². The average Bonchev–Trinajstić information content (AvgIpc) is 3.13. The molecular formula is C22H23NO3. The van der Waals surface area contributed by atoms with Gasteiger partial charge >= 0.3 is 5.97 Å². The van der Waals surface area contributed by atoms with Crippen LogP contribution in [-0.2, 0) is 16.0 Å². The number of ether oxygens (including phenoxy) is 1. The number of carbonyl (C=O) groups excluding carboxylic acids is 2. The zero-order valence-electron chi connectivity index (χ0n) is 15.2. The first-order chi connectivity index (χ1) is 12.5. The first-order valence-corrected chi connectivity index (χ1v) is 9.21. The third-order valence-electron chi connectivity index (χ3n) is 5.62. The molecule has 2 aromatic carbocycles. The Morgan fingerprint density at radius 1 is 1.12 bits per heavy atom. The van der Waals surface area contributed by atoms with E-state index in [4.69, 9.17) is 4.74 Å². The van der Waals surface area contributed by atoms with Crippen molar-refractivity contribution in [2.75, 3.05) is 6.54 Å². The molecule has 1 fully saturated rings. The van der Waals surface area contributed by atoms with Crippen LogP contribution in [0.4, 0.5) is 0 Å². The summed E-state index contributed by atoms with van der Waals surface area (Å²) >= 11 is 0. The molecule has 0 aromatic heterocycles. The van der Waals surface area contributed by atoms with Crippen molar-refractivity contribution in [2.24, 2.45) is 0 Å². The lowest BCUT2D eigenvalue weighted by molar-refractivity contribution is -0.142. The normalized spacial score (nSPS) is 22.1. The van der Waals surface area contributed by atoms with E-state index in [9.17, 15) is 9.59 Å². The number of likely N-dealkylation sites (tertiary alicyclic amines) is 1. The van der Waals surface area contributed by atoms with E-state index in [1.165, 1.54) is 16.7 Å². The highest BCUT2D eigenvalue weighted by atomic mass is 16.5. The van der Waals surface area contributed by atoms with Crippen LogP contribution in [-0.4, -0.2) is 29.4 Å². The largest absolute Gasteiger partial charge is 0.448 e. The summed E-state index contributed by atoms with van der Waals surface area (Å²) in [6, 6.07) is 13.8. The van der Waals surface area contributed by atoms with Gasteiger partial charge in [0.2, 0.25) is 0 Å². The number of cyclic esters (lactones) is 1. The van der Waals surface area contributed by atoms with E-state index in [1.807, 2.05) is 23.1 Å². The number of amides is 1. The number of fused-ring (bicyclic) bond motifs is 1. The summed E-state index contributed by atoms with van der Waals surface area (Å²) < 4.78 is 5.48. The fraction of sp³-hybridized carbons (Fsp3) is 0.364. The number of aryl methyl sites for hydroxylation is 2. The van der Waals surface area contributed by atoms with E-state index < -0.39 is 12.1 Å². The molecule has 2 aliphatic rings. The summed E-state index contributed by atoms with van der Waals surface area (Å²) in [5, 5.41) is 0. The Hall–Kier alpha value is -2.62. The van der Waals surface area contributed by atoms with Gasteiger partial charge in [-0.05, 0) is 55.0 Å². The van der Waals surface area contributed by atoms with Gasteiger partial charge in [0.1, 0.15) is 0 Å².